The third kappa shape index (κ3) is 4.10. The van der Waals surface area contributed by atoms with E-state index in [9.17, 15) is 4.79 Å². The summed E-state index contributed by atoms with van der Waals surface area (Å²) < 4.78 is 35.5. The minimum atomic E-state index is -2.58. The first kappa shape index (κ1) is 11.3. The standard InChI is InChI=1S/C19H23NO2/c1-19(2,3)22-18(21)20(4)17(15-11-7-5-8-12-15)16-13-9-6-10-14-16/h5-14,17H,1-4H3/i1T,2T3. The summed E-state index contributed by atoms with van der Waals surface area (Å²) in [4.78, 5) is 14.1. The second-order valence-electron chi connectivity index (χ2n) is 5.43. The van der Waals surface area contributed by atoms with E-state index < -0.39 is 31.5 Å². The lowest BCUT2D eigenvalue weighted by atomic mass is 9.98. The molecule has 1 atom stereocenters. The van der Waals surface area contributed by atoms with Gasteiger partial charge in [-0.25, -0.2) is 4.79 Å². The predicted molar refractivity (Wildman–Crippen MR) is 88.7 cm³/mol. The van der Waals surface area contributed by atoms with Crippen LogP contribution in [0.15, 0.2) is 60.7 Å². The molecule has 3 heteroatoms. The summed E-state index contributed by atoms with van der Waals surface area (Å²) in [5.41, 5.74) is -0.116. The lowest BCUT2D eigenvalue weighted by Crippen LogP contribution is -2.37. The van der Waals surface area contributed by atoms with Crippen LogP contribution in [0.3, 0.4) is 0 Å². The van der Waals surface area contributed by atoms with E-state index in [0.29, 0.717) is 0 Å². The first-order chi connectivity index (χ1) is 12.2. The Morgan fingerprint density at radius 2 is 1.59 bits per heavy atom. The summed E-state index contributed by atoms with van der Waals surface area (Å²) in [6.07, 6.45) is -0.784. The molecule has 0 spiro atoms. The van der Waals surface area contributed by atoms with Gasteiger partial charge in [0.05, 0.1) is 6.04 Å². The molecular weight excluding hydrogens is 274 g/mol. The Bertz CT molecular complexity index is 682. The third-order valence-electron chi connectivity index (χ3n) is 3.22. The normalized spacial score (nSPS) is 16.7. The number of nitrogens with zero attached hydrogens (tertiary/aromatic N) is 1. The van der Waals surface area contributed by atoms with Crippen LogP contribution in [-0.2, 0) is 4.74 Å². The zero-order valence-corrected chi connectivity index (χ0v) is 12.8. The Morgan fingerprint density at radius 3 is 2.00 bits per heavy atom. The van der Waals surface area contributed by atoms with E-state index in [1.807, 2.05) is 60.7 Å². The lowest BCUT2D eigenvalue weighted by molar-refractivity contribution is 0.0248. The maximum Gasteiger partial charge on any atom is 0.410 e. The van der Waals surface area contributed by atoms with Crippen molar-refractivity contribution in [2.45, 2.75) is 32.3 Å². The van der Waals surface area contributed by atoms with Gasteiger partial charge in [-0.2, -0.15) is 0 Å². The maximum absolute atomic E-state index is 12.7. The second kappa shape index (κ2) is 6.65. The van der Waals surface area contributed by atoms with E-state index in [0.717, 1.165) is 11.1 Å². The minimum absolute atomic E-state index is 0.434. The van der Waals surface area contributed by atoms with Gasteiger partial charge in [0.25, 0.3) is 0 Å². The average molecular weight is 305 g/mol. The number of hydrogen-bond donors (Lipinski definition) is 0. The summed E-state index contributed by atoms with van der Waals surface area (Å²) in [6, 6.07) is 18.4. The van der Waals surface area contributed by atoms with Crippen molar-refractivity contribution in [3.63, 3.8) is 0 Å². The zero-order chi connectivity index (χ0) is 19.4. The van der Waals surface area contributed by atoms with Crippen LogP contribution in [0.2, 0.25) is 0 Å². The Hall–Kier alpha value is -2.29. The molecule has 0 aliphatic carbocycles. The predicted octanol–water partition coefficient (Wildman–Crippen LogP) is 4.64. The molecule has 0 heterocycles. The molecule has 116 valence electrons. The topological polar surface area (TPSA) is 29.5 Å². The van der Waals surface area contributed by atoms with Crippen LogP contribution in [0.1, 0.15) is 43.3 Å². The van der Waals surface area contributed by atoms with Crippen molar-refractivity contribution in [1.82, 2.24) is 4.90 Å². The van der Waals surface area contributed by atoms with E-state index in [-0.39, 0.29) is 0 Å². The molecule has 0 N–H and O–H groups in total. The van der Waals surface area contributed by atoms with Crippen molar-refractivity contribution in [1.29, 1.82) is 0 Å². The molecular formula is C19H23NO2. The fraction of sp³-hybridized carbons (Fsp3) is 0.316. The van der Waals surface area contributed by atoms with Gasteiger partial charge in [-0.15, -0.1) is 0 Å². The van der Waals surface area contributed by atoms with Gasteiger partial charge in [-0.1, -0.05) is 60.7 Å². The third-order valence-corrected chi connectivity index (χ3v) is 3.22. The van der Waals surface area contributed by atoms with Crippen LogP contribution >= 0.6 is 0 Å². The van der Waals surface area contributed by atoms with Crippen molar-refractivity contribution in [2.75, 3.05) is 7.05 Å². The summed E-state index contributed by atoms with van der Waals surface area (Å²) in [6.45, 7) is -1.87. The maximum atomic E-state index is 12.7. The van der Waals surface area contributed by atoms with Gasteiger partial charge < -0.3 is 9.64 Å². The van der Waals surface area contributed by atoms with Gasteiger partial charge in [-0.05, 0) is 31.8 Å². The molecule has 3 nitrogen and oxygen atoms in total. The molecule has 0 saturated carbocycles. The molecule has 0 aliphatic rings. The quantitative estimate of drug-likeness (QED) is 0.826. The van der Waals surface area contributed by atoms with E-state index in [1.54, 1.807) is 7.05 Å². The van der Waals surface area contributed by atoms with Crippen LogP contribution in [-0.4, -0.2) is 23.6 Å². The Morgan fingerprint density at radius 1 is 1.09 bits per heavy atom. The van der Waals surface area contributed by atoms with Gasteiger partial charge in [0, 0.05) is 12.5 Å². The highest BCUT2D eigenvalue weighted by molar-refractivity contribution is 5.69. The summed E-state index contributed by atoms with van der Waals surface area (Å²) in [5, 5.41) is 0. The highest BCUT2D eigenvalue weighted by Crippen LogP contribution is 2.28. The minimum Gasteiger partial charge on any atom is -0.444 e. The van der Waals surface area contributed by atoms with Crippen LogP contribution in [0.25, 0.3) is 0 Å². The molecule has 0 bridgehead atoms. The smallest absolute Gasteiger partial charge is 0.410 e. The SMILES string of the molecule is [3H]CC(C)(OC(=O)N(C)C(c1ccccc1)c1ccccc1)C([3H])([3H])[3H]. The molecule has 0 saturated heterocycles. The van der Waals surface area contributed by atoms with E-state index >= 15 is 0 Å². The average Bonchev–Trinajstić information content (AvgIpc) is 2.62. The molecule has 1 amide bonds. The Kier molecular flexibility index (Phi) is 3.41. The number of rotatable bonds is 3. The molecule has 0 aromatic heterocycles. The largest absolute Gasteiger partial charge is 0.444 e. The van der Waals surface area contributed by atoms with Gasteiger partial charge in [0.1, 0.15) is 5.60 Å². The van der Waals surface area contributed by atoms with E-state index in [4.69, 9.17) is 10.2 Å². The van der Waals surface area contributed by atoms with Crippen molar-refractivity contribution in [3.8, 4) is 0 Å². The first-order valence-electron chi connectivity index (χ1n) is 9.25. The van der Waals surface area contributed by atoms with E-state index in [2.05, 4.69) is 0 Å². The van der Waals surface area contributed by atoms with Gasteiger partial charge in [0.15, 0.2) is 0 Å². The second-order valence-corrected chi connectivity index (χ2v) is 5.43. The molecule has 2 aromatic carbocycles. The number of carbonyl (C=O) groups is 1. The van der Waals surface area contributed by atoms with Crippen molar-refractivity contribution in [2.24, 2.45) is 0 Å². The van der Waals surface area contributed by atoms with E-state index in [1.165, 1.54) is 11.8 Å². The van der Waals surface area contributed by atoms with Gasteiger partial charge >= 0.3 is 6.09 Å². The summed E-state index contributed by atoms with van der Waals surface area (Å²) in [7, 11) is 1.57. The fourth-order valence-electron chi connectivity index (χ4n) is 2.28. The molecule has 0 aliphatic heterocycles. The zero-order valence-electron chi connectivity index (χ0n) is 16.8. The van der Waals surface area contributed by atoms with Gasteiger partial charge in [-0.3, -0.25) is 0 Å². The van der Waals surface area contributed by atoms with Crippen molar-refractivity contribution >= 4 is 6.09 Å². The number of benzene rings is 2. The number of ether oxygens (including phenoxy) is 1. The lowest BCUT2D eigenvalue weighted by Gasteiger charge is -2.31. The van der Waals surface area contributed by atoms with Crippen molar-refractivity contribution in [3.05, 3.63) is 71.8 Å². The highest BCUT2D eigenvalue weighted by atomic mass is 16.6. The monoisotopic (exact) mass is 305 g/mol. The number of amides is 1. The van der Waals surface area contributed by atoms with Crippen LogP contribution in [0.4, 0.5) is 4.79 Å². The van der Waals surface area contributed by atoms with Gasteiger partial charge in [0.2, 0.25) is 0 Å². The number of carbonyl (C=O) groups excluding carboxylic acids is 1. The van der Waals surface area contributed by atoms with Crippen LogP contribution in [0.5, 0.6) is 0 Å². The molecule has 1 unspecified atom stereocenters. The molecule has 2 aromatic rings. The Balaban J connectivity index is 2.35. The number of hydrogen-bond acceptors (Lipinski definition) is 2. The van der Waals surface area contributed by atoms with Crippen molar-refractivity contribution < 1.29 is 15.0 Å². The molecule has 22 heavy (non-hydrogen) atoms. The highest BCUT2D eigenvalue weighted by Gasteiger charge is 2.27. The molecule has 0 radical (unpaired) electrons. The fourth-order valence-corrected chi connectivity index (χ4v) is 2.28. The van der Waals surface area contributed by atoms with Crippen LogP contribution in [0, 0.1) is 0 Å². The van der Waals surface area contributed by atoms with Crippen LogP contribution < -0.4 is 0 Å². The Labute approximate surface area is 138 Å². The molecule has 0 fully saturated rings. The molecule has 2 rings (SSSR count). The summed E-state index contributed by atoms with van der Waals surface area (Å²) in [5.74, 6) is 0. The summed E-state index contributed by atoms with van der Waals surface area (Å²) >= 11 is 0. The first-order valence-corrected chi connectivity index (χ1v) is 7.04.